The number of methoxy groups -OCH3 is 1. The van der Waals surface area contributed by atoms with Gasteiger partial charge in [0, 0.05) is 18.7 Å². The number of ether oxygens (including phenoxy) is 1. The van der Waals surface area contributed by atoms with Crippen molar-refractivity contribution in [2.45, 2.75) is 37.8 Å². The lowest BCUT2D eigenvalue weighted by atomic mass is 9.93. The van der Waals surface area contributed by atoms with Crippen molar-refractivity contribution in [1.82, 2.24) is 29.5 Å². The molecule has 30 heavy (non-hydrogen) atoms. The van der Waals surface area contributed by atoms with Gasteiger partial charge in [0.05, 0.1) is 23.5 Å². The van der Waals surface area contributed by atoms with Gasteiger partial charge in [-0.15, -0.1) is 0 Å². The summed E-state index contributed by atoms with van der Waals surface area (Å²) in [6.45, 7) is 0. The number of H-pyrrole nitrogens is 2. The molecule has 5 rings (SSSR count). The molecule has 1 saturated carbocycles. The Kier molecular flexibility index (Phi) is 4.35. The zero-order valence-corrected chi connectivity index (χ0v) is 16.4. The summed E-state index contributed by atoms with van der Waals surface area (Å²) in [5.41, 5.74) is 8.25. The molecule has 4 N–H and O–H groups in total. The minimum Gasteiger partial charge on any atom is -0.381 e. The van der Waals surface area contributed by atoms with Crippen molar-refractivity contribution in [3.63, 3.8) is 0 Å². The molecule has 4 aromatic rings. The number of hydrogen-bond acceptors (Lipinski definition) is 6. The summed E-state index contributed by atoms with van der Waals surface area (Å²) in [5.74, 6) is -0.395. The van der Waals surface area contributed by atoms with Crippen molar-refractivity contribution in [1.29, 1.82) is 0 Å². The van der Waals surface area contributed by atoms with Gasteiger partial charge >= 0.3 is 5.69 Å². The molecule has 1 aliphatic carbocycles. The normalized spacial score (nSPS) is 19.5. The van der Waals surface area contributed by atoms with Crippen molar-refractivity contribution >= 4 is 28.1 Å². The van der Waals surface area contributed by atoms with Gasteiger partial charge in [-0.2, -0.15) is 0 Å². The summed E-state index contributed by atoms with van der Waals surface area (Å²) < 4.78 is 7.07. The fraction of sp³-hybridized carbons (Fsp3) is 0.350. The standard InChI is InChI=1S/C20H21N7O3/c1-30-12-5-3-11(4-6-12)27-19-16(25-20(27)29)15(17(21)28)24-18(26-19)10-2-7-13-14(8-10)23-9-22-13/h2,7-9,11-12H,3-6H2,1H3,(H2,21,28)(H,22,23)(H,25,29)/t11-,12+. The number of nitrogens with one attached hydrogen (secondary N) is 2. The molecule has 0 atom stereocenters. The fourth-order valence-electron chi connectivity index (χ4n) is 4.26. The van der Waals surface area contributed by atoms with Crippen LogP contribution in [-0.2, 0) is 4.74 Å². The Morgan fingerprint density at radius 1 is 1.23 bits per heavy atom. The summed E-state index contributed by atoms with van der Waals surface area (Å²) in [6.07, 6.45) is 5.10. The number of aromatic amines is 2. The molecular formula is C20H21N7O3. The summed E-state index contributed by atoms with van der Waals surface area (Å²) in [6, 6.07) is 5.49. The van der Waals surface area contributed by atoms with Gasteiger partial charge in [0.25, 0.3) is 5.91 Å². The van der Waals surface area contributed by atoms with Crippen LogP contribution in [0.15, 0.2) is 29.3 Å². The summed E-state index contributed by atoms with van der Waals surface area (Å²) >= 11 is 0. The number of hydrogen-bond donors (Lipinski definition) is 3. The van der Waals surface area contributed by atoms with Crippen LogP contribution in [0, 0.1) is 0 Å². The Hall–Kier alpha value is -3.53. The van der Waals surface area contributed by atoms with Crippen LogP contribution in [0.4, 0.5) is 0 Å². The second-order valence-electron chi connectivity index (χ2n) is 7.56. The van der Waals surface area contributed by atoms with Crippen LogP contribution in [0.1, 0.15) is 42.2 Å². The van der Waals surface area contributed by atoms with Crippen LogP contribution in [0.3, 0.4) is 0 Å². The van der Waals surface area contributed by atoms with Gasteiger partial charge in [-0.3, -0.25) is 9.36 Å². The average Bonchev–Trinajstić information content (AvgIpc) is 3.35. The van der Waals surface area contributed by atoms with E-state index in [0.29, 0.717) is 17.0 Å². The molecule has 0 bridgehead atoms. The molecule has 0 aliphatic heterocycles. The number of carbonyl (C=O) groups excluding carboxylic acids is 1. The molecule has 0 radical (unpaired) electrons. The smallest absolute Gasteiger partial charge is 0.327 e. The molecule has 0 spiro atoms. The lowest BCUT2D eigenvalue weighted by Gasteiger charge is -2.28. The lowest BCUT2D eigenvalue weighted by Crippen LogP contribution is -2.28. The number of rotatable bonds is 4. The largest absolute Gasteiger partial charge is 0.381 e. The van der Waals surface area contributed by atoms with Gasteiger partial charge in [0.1, 0.15) is 5.52 Å². The Morgan fingerprint density at radius 2 is 2.03 bits per heavy atom. The summed E-state index contributed by atoms with van der Waals surface area (Å²) in [4.78, 5) is 43.9. The molecule has 1 amide bonds. The predicted molar refractivity (Wildman–Crippen MR) is 110 cm³/mol. The van der Waals surface area contributed by atoms with Crippen LogP contribution in [0.2, 0.25) is 0 Å². The highest BCUT2D eigenvalue weighted by Crippen LogP contribution is 2.31. The molecule has 10 heteroatoms. The first-order chi connectivity index (χ1) is 14.5. The average molecular weight is 407 g/mol. The second kappa shape index (κ2) is 7.06. The Morgan fingerprint density at radius 3 is 2.77 bits per heavy atom. The maximum absolute atomic E-state index is 12.8. The molecule has 1 aliphatic rings. The molecule has 0 unspecified atom stereocenters. The van der Waals surface area contributed by atoms with Crippen LogP contribution in [-0.4, -0.2) is 48.6 Å². The highest BCUT2D eigenvalue weighted by molar-refractivity contribution is 6.02. The maximum atomic E-state index is 12.8. The van der Waals surface area contributed by atoms with Crippen molar-refractivity contribution in [2.24, 2.45) is 5.73 Å². The van der Waals surface area contributed by atoms with Crippen molar-refractivity contribution in [3.8, 4) is 11.4 Å². The van der Waals surface area contributed by atoms with Crippen LogP contribution in [0.5, 0.6) is 0 Å². The quantitative estimate of drug-likeness (QED) is 0.471. The highest BCUT2D eigenvalue weighted by Gasteiger charge is 2.27. The van der Waals surface area contributed by atoms with E-state index in [1.165, 1.54) is 0 Å². The number of imidazole rings is 2. The highest BCUT2D eigenvalue weighted by atomic mass is 16.5. The van der Waals surface area contributed by atoms with Gasteiger partial charge in [0.15, 0.2) is 17.2 Å². The number of benzene rings is 1. The van der Waals surface area contributed by atoms with Crippen LogP contribution < -0.4 is 11.4 Å². The van der Waals surface area contributed by atoms with E-state index in [-0.39, 0.29) is 29.0 Å². The summed E-state index contributed by atoms with van der Waals surface area (Å²) in [5, 5.41) is 0. The number of amides is 1. The van der Waals surface area contributed by atoms with Crippen molar-refractivity contribution in [2.75, 3.05) is 7.11 Å². The van der Waals surface area contributed by atoms with Crippen molar-refractivity contribution in [3.05, 3.63) is 40.7 Å². The minimum absolute atomic E-state index is 0.00105. The number of carbonyl (C=O) groups is 1. The SMILES string of the molecule is CO[C@H]1CC[C@@H](n2c(=O)[nH]c3c(C(N)=O)nc(-c4ccc5nc[nH]c5c4)nc32)CC1. The van der Waals surface area contributed by atoms with Crippen molar-refractivity contribution < 1.29 is 9.53 Å². The summed E-state index contributed by atoms with van der Waals surface area (Å²) in [7, 11) is 1.71. The molecule has 154 valence electrons. The monoisotopic (exact) mass is 407 g/mol. The fourth-order valence-corrected chi connectivity index (χ4v) is 4.26. The zero-order chi connectivity index (χ0) is 20.8. The van der Waals surface area contributed by atoms with E-state index >= 15 is 0 Å². The third kappa shape index (κ3) is 2.96. The number of fused-ring (bicyclic) bond motifs is 2. The van der Waals surface area contributed by atoms with E-state index in [0.717, 1.165) is 36.7 Å². The topological polar surface area (TPSA) is 145 Å². The van der Waals surface area contributed by atoms with Gasteiger partial charge < -0.3 is 20.4 Å². The third-order valence-corrected chi connectivity index (χ3v) is 5.82. The predicted octanol–water partition coefficient (Wildman–Crippen LogP) is 1.89. The number of primary amides is 1. The second-order valence-corrected chi connectivity index (χ2v) is 7.56. The molecule has 3 heterocycles. The maximum Gasteiger partial charge on any atom is 0.327 e. The van der Waals surface area contributed by atoms with Gasteiger partial charge in [-0.05, 0) is 43.9 Å². The van der Waals surface area contributed by atoms with Gasteiger partial charge in [-0.1, -0.05) is 0 Å². The number of nitrogens with two attached hydrogens (primary N) is 1. The molecule has 1 aromatic carbocycles. The minimum atomic E-state index is -0.720. The van der Waals surface area contributed by atoms with E-state index < -0.39 is 5.91 Å². The first-order valence-electron chi connectivity index (χ1n) is 9.83. The van der Waals surface area contributed by atoms with E-state index in [2.05, 4.69) is 24.9 Å². The van der Waals surface area contributed by atoms with E-state index in [9.17, 15) is 9.59 Å². The van der Waals surface area contributed by atoms with E-state index in [4.69, 9.17) is 10.5 Å². The Bertz CT molecular complexity index is 1310. The van der Waals surface area contributed by atoms with E-state index in [1.54, 1.807) is 18.0 Å². The zero-order valence-electron chi connectivity index (χ0n) is 16.4. The first-order valence-corrected chi connectivity index (χ1v) is 9.83. The Balaban J connectivity index is 1.68. The van der Waals surface area contributed by atoms with Crippen LogP contribution >= 0.6 is 0 Å². The molecule has 0 saturated heterocycles. The molecule has 10 nitrogen and oxygen atoms in total. The molecular weight excluding hydrogens is 386 g/mol. The molecule has 1 fully saturated rings. The first kappa shape index (κ1) is 18.5. The van der Waals surface area contributed by atoms with E-state index in [1.807, 2.05) is 18.2 Å². The van der Waals surface area contributed by atoms with Gasteiger partial charge in [0.2, 0.25) is 0 Å². The lowest BCUT2D eigenvalue weighted by molar-refractivity contribution is 0.0585. The van der Waals surface area contributed by atoms with Crippen LogP contribution in [0.25, 0.3) is 33.6 Å². The molecule has 3 aromatic heterocycles. The third-order valence-electron chi connectivity index (χ3n) is 5.82. The number of nitrogens with zero attached hydrogens (tertiary/aromatic N) is 4. The number of aromatic nitrogens is 6. The Labute approximate surface area is 170 Å². The van der Waals surface area contributed by atoms with Gasteiger partial charge in [-0.25, -0.2) is 19.7 Å².